The molecule has 18 heavy (non-hydrogen) atoms. The van der Waals surface area contributed by atoms with Gasteiger partial charge in [0.15, 0.2) is 5.69 Å². The van der Waals surface area contributed by atoms with Gasteiger partial charge >= 0.3 is 5.97 Å². The van der Waals surface area contributed by atoms with Crippen molar-refractivity contribution >= 4 is 16.7 Å². The Morgan fingerprint density at radius 2 is 2.17 bits per heavy atom. The first-order chi connectivity index (χ1) is 8.74. The lowest BCUT2D eigenvalue weighted by Gasteiger charge is -2.08. The second kappa shape index (κ2) is 4.29. The van der Waals surface area contributed by atoms with Gasteiger partial charge in [0.05, 0.1) is 6.61 Å². The van der Waals surface area contributed by atoms with E-state index < -0.39 is 5.97 Å². The lowest BCUT2D eigenvalue weighted by Crippen LogP contribution is -2.06. The first kappa shape index (κ1) is 11.0. The SMILES string of the molecule is O=C(O)c1cc2ccccc2c(OCC2CC2)n1. The van der Waals surface area contributed by atoms with Gasteiger partial charge in [-0.1, -0.05) is 18.2 Å². The van der Waals surface area contributed by atoms with E-state index in [9.17, 15) is 4.79 Å². The van der Waals surface area contributed by atoms with Crippen LogP contribution in [-0.2, 0) is 0 Å². The van der Waals surface area contributed by atoms with E-state index in [-0.39, 0.29) is 5.69 Å². The summed E-state index contributed by atoms with van der Waals surface area (Å²) < 4.78 is 5.66. The molecule has 1 fully saturated rings. The molecule has 0 bridgehead atoms. The number of carboxylic acid groups (broad SMARTS) is 1. The summed E-state index contributed by atoms with van der Waals surface area (Å²) in [6.45, 7) is 0.625. The van der Waals surface area contributed by atoms with Gasteiger partial charge in [0.25, 0.3) is 0 Å². The zero-order valence-corrected chi connectivity index (χ0v) is 9.80. The summed E-state index contributed by atoms with van der Waals surface area (Å²) in [6.07, 6.45) is 2.38. The minimum absolute atomic E-state index is 0.0273. The number of pyridine rings is 1. The van der Waals surface area contributed by atoms with Crippen molar-refractivity contribution in [2.75, 3.05) is 6.61 Å². The molecule has 0 atom stereocenters. The predicted molar refractivity (Wildman–Crippen MR) is 66.9 cm³/mol. The minimum Gasteiger partial charge on any atom is -0.477 e. The van der Waals surface area contributed by atoms with E-state index in [1.807, 2.05) is 24.3 Å². The Hall–Kier alpha value is -2.10. The predicted octanol–water partition coefficient (Wildman–Crippen LogP) is 2.72. The number of rotatable bonds is 4. The molecule has 1 aliphatic carbocycles. The van der Waals surface area contributed by atoms with Crippen molar-refractivity contribution < 1.29 is 14.6 Å². The van der Waals surface area contributed by atoms with Crippen molar-refractivity contribution in [3.8, 4) is 5.88 Å². The van der Waals surface area contributed by atoms with E-state index in [1.54, 1.807) is 6.07 Å². The van der Waals surface area contributed by atoms with Gasteiger partial charge in [-0.3, -0.25) is 0 Å². The molecule has 2 aromatic rings. The third kappa shape index (κ3) is 2.14. The number of hydrogen-bond acceptors (Lipinski definition) is 3. The number of ether oxygens (including phenoxy) is 1. The Labute approximate surface area is 104 Å². The molecule has 0 spiro atoms. The highest BCUT2D eigenvalue weighted by Gasteiger charge is 2.23. The summed E-state index contributed by atoms with van der Waals surface area (Å²) in [7, 11) is 0. The number of nitrogens with zero attached hydrogens (tertiary/aromatic N) is 1. The quantitative estimate of drug-likeness (QED) is 0.896. The summed E-state index contributed by atoms with van der Waals surface area (Å²) in [5.41, 5.74) is 0.0273. The molecule has 4 nitrogen and oxygen atoms in total. The number of aromatic carboxylic acids is 1. The fraction of sp³-hybridized carbons (Fsp3) is 0.286. The second-order valence-electron chi connectivity index (χ2n) is 4.59. The standard InChI is InChI=1S/C14H13NO3/c16-14(17)12-7-10-3-1-2-4-11(10)13(15-12)18-8-9-5-6-9/h1-4,7,9H,5-6,8H2,(H,16,17). The molecular formula is C14H13NO3. The largest absolute Gasteiger partial charge is 0.477 e. The summed E-state index contributed by atoms with van der Waals surface area (Å²) in [6, 6.07) is 9.11. The van der Waals surface area contributed by atoms with Gasteiger partial charge in [-0.05, 0) is 36.3 Å². The smallest absolute Gasteiger partial charge is 0.354 e. The van der Waals surface area contributed by atoms with Gasteiger partial charge in [0.1, 0.15) is 0 Å². The van der Waals surface area contributed by atoms with Crippen LogP contribution in [0.1, 0.15) is 23.3 Å². The molecule has 0 saturated heterocycles. The lowest BCUT2D eigenvalue weighted by atomic mass is 10.1. The summed E-state index contributed by atoms with van der Waals surface area (Å²) in [4.78, 5) is 15.1. The maximum absolute atomic E-state index is 11.0. The zero-order valence-electron chi connectivity index (χ0n) is 9.80. The number of fused-ring (bicyclic) bond motifs is 1. The van der Waals surface area contributed by atoms with E-state index in [4.69, 9.17) is 9.84 Å². The lowest BCUT2D eigenvalue weighted by molar-refractivity contribution is 0.0689. The van der Waals surface area contributed by atoms with Crippen LogP contribution in [0.25, 0.3) is 10.8 Å². The summed E-state index contributed by atoms with van der Waals surface area (Å²) in [5.74, 6) is 0.00784. The Morgan fingerprint density at radius 1 is 1.39 bits per heavy atom. The third-order valence-electron chi connectivity index (χ3n) is 3.08. The number of hydrogen-bond donors (Lipinski definition) is 1. The molecule has 4 heteroatoms. The highest BCUT2D eigenvalue weighted by atomic mass is 16.5. The van der Waals surface area contributed by atoms with Crippen LogP contribution in [0.3, 0.4) is 0 Å². The van der Waals surface area contributed by atoms with E-state index in [2.05, 4.69) is 4.98 Å². The van der Waals surface area contributed by atoms with E-state index in [0.29, 0.717) is 18.4 Å². The monoisotopic (exact) mass is 243 g/mol. The van der Waals surface area contributed by atoms with Gasteiger partial charge in [-0.15, -0.1) is 0 Å². The summed E-state index contributed by atoms with van der Waals surface area (Å²) >= 11 is 0. The second-order valence-corrected chi connectivity index (χ2v) is 4.59. The third-order valence-corrected chi connectivity index (χ3v) is 3.08. The van der Waals surface area contributed by atoms with Crippen molar-refractivity contribution in [3.63, 3.8) is 0 Å². The number of aromatic nitrogens is 1. The molecule has 1 heterocycles. The van der Waals surface area contributed by atoms with Crippen LogP contribution in [0.2, 0.25) is 0 Å². The average molecular weight is 243 g/mol. The molecule has 1 N–H and O–H groups in total. The first-order valence-corrected chi connectivity index (χ1v) is 6.00. The van der Waals surface area contributed by atoms with Crippen LogP contribution >= 0.6 is 0 Å². The van der Waals surface area contributed by atoms with Gasteiger partial charge in [0, 0.05) is 5.39 Å². The molecule has 1 aromatic heterocycles. The topological polar surface area (TPSA) is 59.4 Å². The minimum atomic E-state index is -1.03. The van der Waals surface area contributed by atoms with E-state index in [0.717, 1.165) is 10.8 Å². The molecule has 3 rings (SSSR count). The van der Waals surface area contributed by atoms with Gasteiger partial charge in [-0.25, -0.2) is 9.78 Å². The molecule has 0 aliphatic heterocycles. The van der Waals surface area contributed by atoms with Crippen LogP contribution in [0, 0.1) is 5.92 Å². The molecule has 92 valence electrons. The Kier molecular flexibility index (Phi) is 2.63. The van der Waals surface area contributed by atoms with Crippen molar-refractivity contribution in [2.24, 2.45) is 5.92 Å². The molecule has 0 radical (unpaired) electrons. The van der Waals surface area contributed by atoms with Crippen molar-refractivity contribution in [3.05, 3.63) is 36.0 Å². The van der Waals surface area contributed by atoms with Gasteiger partial charge < -0.3 is 9.84 Å². The summed E-state index contributed by atoms with van der Waals surface area (Å²) in [5, 5.41) is 10.7. The van der Waals surface area contributed by atoms with Crippen LogP contribution in [0.4, 0.5) is 0 Å². The fourth-order valence-corrected chi connectivity index (χ4v) is 1.87. The van der Waals surface area contributed by atoms with Crippen LogP contribution in [0.5, 0.6) is 5.88 Å². The number of benzene rings is 1. The normalized spacial score (nSPS) is 14.7. The van der Waals surface area contributed by atoms with Crippen molar-refractivity contribution in [1.82, 2.24) is 4.98 Å². The molecule has 1 saturated carbocycles. The van der Waals surface area contributed by atoms with Crippen LogP contribution in [-0.4, -0.2) is 22.7 Å². The van der Waals surface area contributed by atoms with Gasteiger partial charge in [0.2, 0.25) is 5.88 Å². The zero-order chi connectivity index (χ0) is 12.5. The van der Waals surface area contributed by atoms with Crippen molar-refractivity contribution in [1.29, 1.82) is 0 Å². The van der Waals surface area contributed by atoms with Crippen LogP contribution < -0.4 is 4.74 Å². The first-order valence-electron chi connectivity index (χ1n) is 6.00. The van der Waals surface area contributed by atoms with Crippen molar-refractivity contribution in [2.45, 2.75) is 12.8 Å². The highest BCUT2D eigenvalue weighted by molar-refractivity contribution is 5.94. The Bertz CT molecular complexity index is 605. The number of carboxylic acids is 1. The average Bonchev–Trinajstić information content (AvgIpc) is 3.19. The molecule has 1 aliphatic rings. The maximum atomic E-state index is 11.0. The van der Waals surface area contributed by atoms with E-state index in [1.165, 1.54) is 12.8 Å². The Balaban J connectivity index is 2.03. The fourth-order valence-electron chi connectivity index (χ4n) is 1.87. The molecule has 1 aromatic carbocycles. The molecular weight excluding hydrogens is 230 g/mol. The number of carbonyl (C=O) groups is 1. The molecule has 0 amide bonds. The van der Waals surface area contributed by atoms with E-state index >= 15 is 0 Å². The highest BCUT2D eigenvalue weighted by Crippen LogP contribution is 2.31. The van der Waals surface area contributed by atoms with Gasteiger partial charge in [-0.2, -0.15) is 0 Å². The molecule has 0 unspecified atom stereocenters. The van der Waals surface area contributed by atoms with Crippen LogP contribution in [0.15, 0.2) is 30.3 Å². The Morgan fingerprint density at radius 3 is 2.89 bits per heavy atom. The maximum Gasteiger partial charge on any atom is 0.354 e.